The SMILES string of the molecule is CCN1CC[C@H]2OCCN(Cc3nnnn3CC(F)(F)F)[C@H]2C1. The van der Waals surface area contributed by atoms with Gasteiger partial charge in [0.1, 0.15) is 6.54 Å². The highest BCUT2D eigenvalue weighted by atomic mass is 19.4. The second-order valence-electron chi connectivity index (χ2n) is 6.00. The summed E-state index contributed by atoms with van der Waals surface area (Å²) in [6, 6.07) is 0.175. The van der Waals surface area contributed by atoms with E-state index in [-0.39, 0.29) is 18.0 Å². The number of hydrogen-bond donors (Lipinski definition) is 0. The molecule has 2 aliphatic rings. The minimum Gasteiger partial charge on any atom is -0.375 e. The Morgan fingerprint density at radius 1 is 1.30 bits per heavy atom. The van der Waals surface area contributed by atoms with Gasteiger partial charge >= 0.3 is 6.18 Å². The number of likely N-dealkylation sites (N-methyl/N-ethyl adjacent to an activating group) is 1. The first-order valence-electron chi connectivity index (χ1n) is 7.86. The van der Waals surface area contributed by atoms with Gasteiger partial charge in [-0.1, -0.05) is 6.92 Å². The molecule has 1 aromatic heterocycles. The van der Waals surface area contributed by atoms with Crippen LogP contribution in [0, 0.1) is 0 Å². The van der Waals surface area contributed by atoms with Crippen LogP contribution >= 0.6 is 0 Å². The van der Waals surface area contributed by atoms with E-state index in [9.17, 15) is 13.2 Å². The van der Waals surface area contributed by atoms with Crippen molar-refractivity contribution in [2.45, 2.75) is 44.8 Å². The number of alkyl halides is 3. The van der Waals surface area contributed by atoms with Crippen LogP contribution in [0.25, 0.3) is 0 Å². The van der Waals surface area contributed by atoms with Crippen LogP contribution in [0.2, 0.25) is 0 Å². The monoisotopic (exact) mass is 334 g/mol. The molecule has 0 N–H and O–H groups in total. The van der Waals surface area contributed by atoms with E-state index in [1.54, 1.807) is 0 Å². The molecule has 3 rings (SSSR count). The zero-order valence-electron chi connectivity index (χ0n) is 13.0. The van der Waals surface area contributed by atoms with E-state index < -0.39 is 12.7 Å². The summed E-state index contributed by atoms with van der Waals surface area (Å²) in [6.45, 7) is 5.35. The number of ether oxygens (including phenoxy) is 1. The summed E-state index contributed by atoms with van der Waals surface area (Å²) in [7, 11) is 0. The van der Waals surface area contributed by atoms with Gasteiger partial charge in [-0.2, -0.15) is 13.2 Å². The first-order chi connectivity index (χ1) is 11.0. The van der Waals surface area contributed by atoms with Crippen molar-refractivity contribution in [1.29, 1.82) is 0 Å². The molecule has 0 radical (unpaired) electrons. The molecule has 7 nitrogen and oxygen atoms in total. The molecule has 0 spiro atoms. The van der Waals surface area contributed by atoms with E-state index in [0.717, 1.165) is 30.7 Å². The molecule has 23 heavy (non-hydrogen) atoms. The minimum absolute atomic E-state index is 0.137. The van der Waals surface area contributed by atoms with Crippen molar-refractivity contribution in [3.8, 4) is 0 Å². The van der Waals surface area contributed by atoms with Crippen LogP contribution in [-0.2, 0) is 17.8 Å². The Hall–Kier alpha value is -1.26. The average Bonchev–Trinajstić information content (AvgIpc) is 2.92. The fraction of sp³-hybridized carbons (Fsp3) is 0.923. The lowest BCUT2D eigenvalue weighted by atomic mass is 9.98. The van der Waals surface area contributed by atoms with Crippen LogP contribution < -0.4 is 0 Å². The lowest BCUT2D eigenvalue weighted by molar-refractivity contribution is -0.144. The highest BCUT2D eigenvalue weighted by molar-refractivity contribution is 4.93. The third-order valence-electron chi connectivity index (χ3n) is 4.51. The zero-order valence-corrected chi connectivity index (χ0v) is 13.0. The van der Waals surface area contributed by atoms with E-state index in [1.165, 1.54) is 0 Å². The van der Waals surface area contributed by atoms with E-state index in [0.29, 0.717) is 19.7 Å². The summed E-state index contributed by atoms with van der Waals surface area (Å²) in [5.74, 6) is 0.247. The molecular weight excluding hydrogens is 313 g/mol. The topological polar surface area (TPSA) is 59.3 Å². The number of rotatable bonds is 4. The highest BCUT2D eigenvalue weighted by Crippen LogP contribution is 2.24. The molecule has 0 saturated carbocycles. The number of nitrogens with zero attached hydrogens (tertiary/aromatic N) is 6. The molecule has 1 aromatic rings. The van der Waals surface area contributed by atoms with Gasteiger partial charge in [0.15, 0.2) is 5.82 Å². The minimum atomic E-state index is -4.33. The number of piperidine rings is 1. The van der Waals surface area contributed by atoms with Crippen LogP contribution in [0.15, 0.2) is 0 Å². The van der Waals surface area contributed by atoms with Gasteiger partial charge in [0.05, 0.1) is 19.3 Å². The normalized spacial score (nSPS) is 27.1. The van der Waals surface area contributed by atoms with Gasteiger partial charge in [-0.3, -0.25) is 4.90 Å². The molecule has 0 aromatic carbocycles. The molecule has 3 heterocycles. The summed E-state index contributed by atoms with van der Waals surface area (Å²) >= 11 is 0. The quantitative estimate of drug-likeness (QED) is 0.801. The molecule has 0 bridgehead atoms. The van der Waals surface area contributed by atoms with Gasteiger partial charge in [-0.15, -0.1) is 5.10 Å². The first-order valence-corrected chi connectivity index (χ1v) is 7.86. The second-order valence-corrected chi connectivity index (χ2v) is 6.00. The van der Waals surface area contributed by atoms with Gasteiger partial charge in [0.2, 0.25) is 0 Å². The lowest BCUT2D eigenvalue weighted by Gasteiger charge is -2.46. The lowest BCUT2D eigenvalue weighted by Crippen LogP contribution is -2.59. The Morgan fingerprint density at radius 3 is 2.87 bits per heavy atom. The summed E-state index contributed by atoms with van der Waals surface area (Å²) < 4.78 is 44.4. The number of morpholine rings is 1. The van der Waals surface area contributed by atoms with Crippen molar-refractivity contribution in [2.24, 2.45) is 0 Å². The average molecular weight is 334 g/mol. The Bertz CT molecular complexity index is 522. The molecule has 0 amide bonds. The number of tetrazole rings is 1. The van der Waals surface area contributed by atoms with E-state index in [4.69, 9.17) is 4.74 Å². The van der Waals surface area contributed by atoms with Gasteiger partial charge in [-0.25, -0.2) is 4.68 Å². The Balaban J connectivity index is 1.70. The molecule has 0 aliphatic carbocycles. The Kier molecular flexibility index (Phi) is 4.83. The van der Waals surface area contributed by atoms with Gasteiger partial charge in [0, 0.05) is 25.7 Å². The molecule has 2 saturated heterocycles. The third-order valence-corrected chi connectivity index (χ3v) is 4.51. The number of hydrogen-bond acceptors (Lipinski definition) is 6. The van der Waals surface area contributed by atoms with Crippen molar-refractivity contribution in [1.82, 2.24) is 30.0 Å². The summed E-state index contributed by atoms with van der Waals surface area (Å²) in [5.41, 5.74) is 0. The smallest absolute Gasteiger partial charge is 0.375 e. The van der Waals surface area contributed by atoms with Gasteiger partial charge in [0.25, 0.3) is 0 Å². The van der Waals surface area contributed by atoms with Crippen molar-refractivity contribution < 1.29 is 17.9 Å². The molecule has 130 valence electrons. The molecule has 2 fully saturated rings. The predicted octanol–water partition coefficient (Wildman–Crippen LogP) is 0.530. The maximum atomic E-state index is 12.6. The fourth-order valence-electron chi connectivity index (χ4n) is 3.30. The first kappa shape index (κ1) is 16.6. The molecule has 10 heteroatoms. The third kappa shape index (κ3) is 3.99. The number of likely N-dealkylation sites (tertiary alicyclic amines) is 1. The van der Waals surface area contributed by atoms with Gasteiger partial charge in [-0.05, 0) is 23.4 Å². The molecule has 0 unspecified atom stereocenters. The molecular formula is C13H21F3N6O. The maximum Gasteiger partial charge on any atom is 0.408 e. The van der Waals surface area contributed by atoms with Crippen molar-refractivity contribution in [3.05, 3.63) is 5.82 Å². The predicted molar refractivity (Wildman–Crippen MR) is 74.5 cm³/mol. The number of halogens is 3. The van der Waals surface area contributed by atoms with Crippen LogP contribution in [0.4, 0.5) is 13.2 Å². The Morgan fingerprint density at radius 2 is 2.13 bits per heavy atom. The van der Waals surface area contributed by atoms with E-state index >= 15 is 0 Å². The Labute approximate surface area is 132 Å². The molecule has 2 atom stereocenters. The molecule has 2 aliphatic heterocycles. The zero-order chi connectivity index (χ0) is 16.4. The highest BCUT2D eigenvalue weighted by Gasteiger charge is 2.38. The van der Waals surface area contributed by atoms with Gasteiger partial charge < -0.3 is 9.64 Å². The number of fused-ring (bicyclic) bond motifs is 1. The van der Waals surface area contributed by atoms with Crippen LogP contribution in [0.1, 0.15) is 19.2 Å². The van der Waals surface area contributed by atoms with Crippen molar-refractivity contribution in [3.63, 3.8) is 0 Å². The van der Waals surface area contributed by atoms with Crippen molar-refractivity contribution >= 4 is 0 Å². The summed E-state index contributed by atoms with van der Waals surface area (Å²) in [5, 5.41) is 10.6. The van der Waals surface area contributed by atoms with E-state index in [1.807, 2.05) is 0 Å². The maximum absolute atomic E-state index is 12.6. The standard InChI is InChI=1S/C13H21F3N6O/c1-2-20-4-3-11-10(7-20)21(5-6-23-11)8-12-17-18-19-22(12)9-13(14,15)16/h10-11H,2-9H2,1H3/t10-,11+/m0/s1. The second kappa shape index (κ2) is 6.70. The summed E-state index contributed by atoms with van der Waals surface area (Å²) in [4.78, 5) is 4.48. The van der Waals surface area contributed by atoms with Crippen LogP contribution in [-0.4, -0.2) is 81.1 Å². The fourth-order valence-corrected chi connectivity index (χ4v) is 3.30. The number of aromatic nitrogens is 4. The van der Waals surface area contributed by atoms with Crippen molar-refractivity contribution in [2.75, 3.05) is 32.8 Å². The van der Waals surface area contributed by atoms with Crippen LogP contribution in [0.5, 0.6) is 0 Å². The largest absolute Gasteiger partial charge is 0.408 e. The van der Waals surface area contributed by atoms with E-state index in [2.05, 4.69) is 32.2 Å². The summed E-state index contributed by atoms with van der Waals surface area (Å²) in [6.07, 6.45) is -3.25. The van der Waals surface area contributed by atoms with Crippen LogP contribution in [0.3, 0.4) is 0 Å².